The minimum Gasteiger partial charge on any atom is -0.378 e. The van der Waals surface area contributed by atoms with Gasteiger partial charge in [-0.05, 0) is 44.0 Å². The summed E-state index contributed by atoms with van der Waals surface area (Å²) in [6.07, 6.45) is 0. The first-order chi connectivity index (χ1) is 14.5. The number of urea groups is 1. The number of ether oxygens (including phenoxy) is 1. The van der Waals surface area contributed by atoms with E-state index in [-0.39, 0.29) is 6.03 Å². The molecule has 0 bridgehead atoms. The summed E-state index contributed by atoms with van der Waals surface area (Å²) < 4.78 is 5.45. The van der Waals surface area contributed by atoms with Crippen LogP contribution in [0.2, 0.25) is 0 Å². The van der Waals surface area contributed by atoms with E-state index in [1.165, 1.54) is 0 Å². The zero-order valence-electron chi connectivity index (χ0n) is 18.0. The molecule has 2 aliphatic heterocycles. The predicted molar refractivity (Wildman–Crippen MR) is 119 cm³/mol. The van der Waals surface area contributed by atoms with Gasteiger partial charge in [0.15, 0.2) is 0 Å². The molecule has 2 aliphatic rings. The van der Waals surface area contributed by atoms with Crippen molar-refractivity contribution in [2.24, 2.45) is 0 Å². The summed E-state index contributed by atoms with van der Waals surface area (Å²) in [6.45, 7) is 11.9. The largest absolute Gasteiger partial charge is 0.378 e. The Morgan fingerprint density at radius 1 is 0.867 bits per heavy atom. The first-order valence-corrected chi connectivity index (χ1v) is 10.6. The van der Waals surface area contributed by atoms with E-state index < -0.39 is 0 Å². The van der Waals surface area contributed by atoms with Crippen molar-refractivity contribution in [2.75, 3.05) is 67.6 Å². The van der Waals surface area contributed by atoms with Crippen molar-refractivity contribution < 1.29 is 9.53 Å². The second kappa shape index (κ2) is 8.87. The van der Waals surface area contributed by atoms with Crippen LogP contribution in [0.1, 0.15) is 16.8 Å². The van der Waals surface area contributed by atoms with Crippen LogP contribution < -0.4 is 15.1 Å². The van der Waals surface area contributed by atoms with E-state index in [1.807, 2.05) is 43.9 Å². The van der Waals surface area contributed by atoms with Crippen molar-refractivity contribution in [3.63, 3.8) is 0 Å². The zero-order chi connectivity index (χ0) is 21.1. The lowest BCUT2D eigenvalue weighted by Crippen LogP contribution is -2.50. The van der Waals surface area contributed by atoms with E-state index in [4.69, 9.17) is 9.72 Å². The van der Waals surface area contributed by atoms with Crippen molar-refractivity contribution in [3.8, 4) is 0 Å². The molecule has 1 N–H and O–H groups in total. The summed E-state index contributed by atoms with van der Waals surface area (Å²) in [5.74, 6) is 1.70. The number of piperazine rings is 1. The Hall–Kier alpha value is -2.87. The maximum Gasteiger partial charge on any atom is 0.321 e. The average molecular weight is 411 g/mol. The molecule has 8 heteroatoms. The molecular formula is C22H30N6O2. The lowest BCUT2D eigenvalue weighted by molar-refractivity contribution is 0.122. The van der Waals surface area contributed by atoms with Gasteiger partial charge in [0, 0.05) is 56.7 Å². The van der Waals surface area contributed by atoms with Crippen LogP contribution >= 0.6 is 0 Å². The fraction of sp³-hybridized carbons (Fsp3) is 0.500. The molecule has 0 radical (unpaired) electrons. The third kappa shape index (κ3) is 4.81. The van der Waals surface area contributed by atoms with E-state index in [1.54, 1.807) is 0 Å². The van der Waals surface area contributed by atoms with Gasteiger partial charge >= 0.3 is 6.03 Å². The van der Waals surface area contributed by atoms with Crippen molar-refractivity contribution in [2.45, 2.75) is 20.8 Å². The Kier molecular flexibility index (Phi) is 6.03. The molecule has 4 rings (SSSR count). The third-order valence-electron chi connectivity index (χ3n) is 5.49. The average Bonchev–Trinajstić information content (AvgIpc) is 2.73. The number of hydrogen-bond donors (Lipinski definition) is 1. The molecule has 2 fully saturated rings. The highest BCUT2D eigenvalue weighted by Crippen LogP contribution is 2.20. The first-order valence-electron chi connectivity index (χ1n) is 10.6. The Morgan fingerprint density at radius 2 is 1.53 bits per heavy atom. The second-order valence-corrected chi connectivity index (χ2v) is 8.05. The van der Waals surface area contributed by atoms with Crippen LogP contribution in [0.5, 0.6) is 0 Å². The maximum atomic E-state index is 12.7. The lowest BCUT2D eigenvalue weighted by Gasteiger charge is -2.35. The highest BCUT2D eigenvalue weighted by atomic mass is 16.5. The Bertz CT molecular complexity index is 884. The molecule has 30 heavy (non-hydrogen) atoms. The molecule has 160 valence electrons. The molecule has 2 saturated heterocycles. The van der Waals surface area contributed by atoms with Crippen LogP contribution in [-0.2, 0) is 4.74 Å². The number of aryl methyl sites for hydroxylation is 3. The van der Waals surface area contributed by atoms with Gasteiger partial charge < -0.3 is 24.8 Å². The number of rotatable bonds is 3. The number of aromatic nitrogens is 2. The number of benzene rings is 1. The van der Waals surface area contributed by atoms with Gasteiger partial charge in [-0.15, -0.1) is 0 Å². The highest BCUT2D eigenvalue weighted by Gasteiger charge is 2.24. The smallest absolute Gasteiger partial charge is 0.321 e. The van der Waals surface area contributed by atoms with Gasteiger partial charge in [-0.3, -0.25) is 0 Å². The molecule has 1 aromatic heterocycles. The Balaban J connectivity index is 1.38. The number of amides is 2. The molecule has 3 heterocycles. The van der Waals surface area contributed by atoms with E-state index in [2.05, 4.69) is 26.2 Å². The zero-order valence-corrected chi connectivity index (χ0v) is 18.0. The molecule has 1 aromatic carbocycles. The number of nitrogens with zero attached hydrogens (tertiary/aromatic N) is 5. The van der Waals surface area contributed by atoms with Crippen molar-refractivity contribution in [1.82, 2.24) is 14.9 Å². The van der Waals surface area contributed by atoms with E-state index in [0.717, 1.165) is 60.6 Å². The molecule has 0 atom stereocenters. The normalized spacial score (nSPS) is 17.2. The summed E-state index contributed by atoms with van der Waals surface area (Å²) in [5.41, 5.74) is 4.08. The third-order valence-corrected chi connectivity index (χ3v) is 5.49. The standard InChI is InChI=1S/C22H30N6O2/c1-16-12-17(2)14-19(13-16)24-22(29)28-6-4-27(5-7-28)21-23-18(3)15-20(25-21)26-8-10-30-11-9-26/h12-15H,4-11H2,1-3H3,(H,24,29). The molecule has 2 aromatic rings. The van der Waals surface area contributed by atoms with Gasteiger partial charge in [0.1, 0.15) is 5.82 Å². The molecule has 0 aliphatic carbocycles. The Labute approximate surface area is 177 Å². The minimum absolute atomic E-state index is 0.0567. The van der Waals surface area contributed by atoms with E-state index >= 15 is 0 Å². The maximum absolute atomic E-state index is 12.7. The lowest BCUT2D eigenvalue weighted by atomic mass is 10.1. The molecule has 2 amide bonds. The summed E-state index contributed by atoms with van der Waals surface area (Å²) in [4.78, 5) is 28.4. The van der Waals surface area contributed by atoms with Gasteiger partial charge in [-0.25, -0.2) is 9.78 Å². The number of carbonyl (C=O) groups excluding carboxylic acids is 1. The summed E-state index contributed by atoms with van der Waals surface area (Å²) in [5, 5.41) is 3.03. The first kappa shape index (κ1) is 20.4. The van der Waals surface area contributed by atoms with Gasteiger partial charge in [0.05, 0.1) is 13.2 Å². The molecule has 0 saturated carbocycles. The van der Waals surface area contributed by atoms with Crippen LogP contribution in [0.4, 0.5) is 22.2 Å². The molecule has 0 unspecified atom stereocenters. The SMILES string of the molecule is Cc1cc(C)cc(NC(=O)N2CCN(c3nc(C)cc(N4CCOCC4)n3)CC2)c1. The van der Waals surface area contributed by atoms with Crippen LogP contribution in [0.25, 0.3) is 0 Å². The monoisotopic (exact) mass is 410 g/mol. The van der Waals surface area contributed by atoms with Crippen LogP contribution in [0.15, 0.2) is 24.3 Å². The van der Waals surface area contributed by atoms with Crippen molar-refractivity contribution in [1.29, 1.82) is 0 Å². The quantitative estimate of drug-likeness (QED) is 0.839. The number of hydrogen-bond acceptors (Lipinski definition) is 6. The summed E-state index contributed by atoms with van der Waals surface area (Å²) >= 11 is 0. The van der Waals surface area contributed by atoms with Gasteiger partial charge in [-0.1, -0.05) is 6.07 Å². The summed E-state index contributed by atoms with van der Waals surface area (Å²) in [6, 6.07) is 8.06. The Morgan fingerprint density at radius 3 is 2.20 bits per heavy atom. The number of anilines is 3. The van der Waals surface area contributed by atoms with Gasteiger partial charge in [-0.2, -0.15) is 4.98 Å². The number of carbonyl (C=O) groups is 1. The van der Waals surface area contributed by atoms with Gasteiger partial charge in [0.2, 0.25) is 5.95 Å². The predicted octanol–water partition coefficient (Wildman–Crippen LogP) is 2.59. The number of nitrogens with one attached hydrogen (secondary N) is 1. The summed E-state index contributed by atoms with van der Waals surface area (Å²) in [7, 11) is 0. The van der Waals surface area contributed by atoms with Crippen LogP contribution in [0.3, 0.4) is 0 Å². The van der Waals surface area contributed by atoms with Gasteiger partial charge in [0.25, 0.3) is 0 Å². The fourth-order valence-corrected chi connectivity index (χ4v) is 3.99. The fourth-order valence-electron chi connectivity index (χ4n) is 3.99. The topological polar surface area (TPSA) is 73.8 Å². The van der Waals surface area contributed by atoms with Crippen molar-refractivity contribution in [3.05, 3.63) is 41.1 Å². The highest BCUT2D eigenvalue weighted by molar-refractivity contribution is 5.89. The molecule has 8 nitrogen and oxygen atoms in total. The van der Waals surface area contributed by atoms with Crippen LogP contribution in [-0.4, -0.2) is 73.4 Å². The van der Waals surface area contributed by atoms with Crippen molar-refractivity contribution >= 4 is 23.5 Å². The van der Waals surface area contributed by atoms with E-state index in [0.29, 0.717) is 26.2 Å². The molecular weight excluding hydrogens is 380 g/mol. The number of morpholine rings is 1. The van der Waals surface area contributed by atoms with Crippen LogP contribution in [0, 0.1) is 20.8 Å². The molecule has 0 spiro atoms. The minimum atomic E-state index is -0.0567. The van der Waals surface area contributed by atoms with E-state index in [9.17, 15) is 4.79 Å². The second-order valence-electron chi connectivity index (χ2n) is 8.05.